The molecule has 7 heteroatoms. The minimum Gasteiger partial charge on any atom is -0.376 e. The van der Waals surface area contributed by atoms with Gasteiger partial charge in [-0.2, -0.15) is 5.10 Å². The lowest BCUT2D eigenvalue weighted by molar-refractivity contribution is 0.959. The lowest BCUT2D eigenvalue weighted by atomic mass is 10.1. The van der Waals surface area contributed by atoms with E-state index < -0.39 is 0 Å². The summed E-state index contributed by atoms with van der Waals surface area (Å²) in [7, 11) is 0. The molecule has 0 bridgehead atoms. The largest absolute Gasteiger partial charge is 0.376 e. The first-order chi connectivity index (χ1) is 12.5. The zero-order valence-corrected chi connectivity index (χ0v) is 15.3. The number of aromatic nitrogens is 4. The van der Waals surface area contributed by atoms with Crippen molar-refractivity contribution in [3.8, 4) is 16.9 Å². The van der Waals surface area contributed by atoms with Crippen molar-refractivity contribution in [3.63, 3.8) is 0 Å². The van der Waals surface area contributed by atoms with E-state index in [9.17, 15) is 0 Å². The van der Waals surface area contributed by atoms with Crippen molar-refractivity contribution in [3.05, 3.63) is 60.0 Å². The average molecular weight is 362 g/mol. The van der Waals surface area contributed by atoms with Crippen molar-refractivity contribution in [2.24, 2.45) is 5.73 Å². The van der Waals surface area contributed by atoms with Crippen molar-refractivity contribution in [2.45, 2.75) is 13.8 Å². The highest BCUT2D eigenvalue weighted by atomic mass is 32.1. The molecule has 0 atom stereocenters. The summed E-state index contributed by atoms with van der Waals surface area (Å²) < 4.78 is 2.20. The van der Waals surface area contributed by atoms with Gasteiger partial charge in [0, 0.05) is 28.5 Å². The number of hydrogen-bond donors (Lipinski definition) is 3. The Morgan fingerprint density at radius 3 is 2.65 bits per heavy atom. The standard InChI is InChI=1S/C19H18N6S/c1-11-5-6-12(2)25(11)16-4-3-9-21-17(16)13-7-8-15-14(10-13)18(24-23-15)22-19(20)26/h3-10H,1-2H3,(H4,20,22,23,24,26). The van der Waals surface area contributed by atoms with Gasteiger partial charge in [0.25, 0.3) is 0 Å². The number of thiocarbonyl (C=S) groups is 1. The van der Waals surface area contributed by atoms with Crippen LogP contribution >= 0.6 is 12.2 Å². The second-order valence-electron chi connectivity index (χ2n) is 6.14. The van der Waals surface area contributed by atoms with E-state index in [1.54, 1.807) is 6.20 Å². The van der Waals surface area contributed by atoms with E-state index in [0.717, 1.165) is 39.2 Å². The first kappa shape index (κ1) is 16.3. The number of aryl methyl sites for hydroxylation is 2. The van der Waals surface area contributed by atoms with E-state index in [0.29, 0.717) is 5.82 Å². The summed E-state index contributed by atoms with van der Waals surface area (Å²) >= 11 is 4.93. The molecule has 3 aromatic heterocycles. The molecule has 130 valence electrons. The summed E-state index contributed by atoms with van der Waals surface area (Å²) in [5.74, 6) is 0.611. The van der Waals surface area contributed by atoms with Crippen molar-refractivity contribution in [1.82, 2.24) is 19.7 Å². The zero-order valence-electron chi connectivity index (χ0n) is 14.4. The number of H-pyrrole nitrogens is 1. The van der Waals surface area contributed by atoms with Crippen molar-refractivity contribution >= 4 is 34.1 Å². The van der Waals surface area contributed by atoms with E-state index in [4.69, 9.17) is 18.0 Å². The third-order valence-electron chi connectivity index (χ3n) is 4.38. The fourth-order valence-electron chi connectivity index (χ4n) is 3.22. The summed E-state index contributed by atoms with van der Waals surface area (Å²) in [4.78, 5) is 4.65. The van der Waals surface area contributed by atoms with E-state index in [1.165, 1.54) is 0 Å². The monoisotopic (exact) mass is 362 g/mol. The minimum absolute atomic E-state index is 0.181. The molecule has 0 aliphatic heterocycles. The Labute approximate surface area is 156 Å². The maximum Gasteiger partial charge on any atom is 0.169 e. The highest BCUT2D eigenvalue weighted by Gasteiger charge is 2.14. The third-order valence-corrected chi connectivity index (χ3v) is 4.48. The molecule has 26 heavy (non-hydrogen) atoms. The van der Waals surface area contributed by atoms with Crippen LogP contribution in [0.3, 0.4) is 0 Å². The van der Waals surface area contributed by atoms with Crippen LogP contribution in [0.5, 0.6) is 0 Å². The molecule has 0 spiro atoms. The number of hydrogen-bond acceptors (Lipinski definition) is 3. The number of rotatable bonds is 3. The smallest absolute Gasteiger partial charge is 0.169 e. The molecule has 4 rings (SSSR count). The molecule has 0 saturated carbocycles. The maximum absolute atomic E-state index is 5.60. The Hall–Kier alpha value is -3.19. The molecule has 0 saturated heterocycles. The highest BCUT2D eigenvalue weighted by Crippen LogP contribution is 2.31. The van der Waals surface area contributed by atoms with Crippen LogP contribution < -0.4 is 11.1 Å². The van der Waals surface area contributed by atoms with Gasteiger partial charge in [-0.1, -0.05) is 6.07 Å². The number of fused-ring (bicyclic) bond motifs is 1. The molecular formula is C19H18N6S. The van der Waals surface area contributed by atoms with Crippen LogP contribution in [0, 0.1) is 13.8 Å². The summed E-state index contributed by atoms with van der Waals surface area (Å²) in [6.07, 6.45) is 1.81. The number of nitrogens with one attached hydrogen (secondary N) is 2. The minimum atomic E-state index is 0.181. The molecule has 3 heterocycles. The molecule has 0 fully saturated rings. The predicted octanol–water partition coefficient (Wildman–Crippen LogP) is 3.69. The Kier molecular flexibility index (Phi) is 3.93. The van der Waals surface area contributed by atoms with Crippen LogP contribution in [-0.2, 0) is 0 Å². The predicted molar refractivity (Wildman–Crippen MR) is 109 cm³/mol. The summed E-state index contributed by atoms with van der Waals surface area (Å²) in [5, 5.41) is 11.2. The Balaban J connectivity index is 1.90. The van der Waals surface area contributed by atoms with Gasteiger partial charge >= 0.3 is 0 Å². The number of pyridine rings is 1. The third kappa shape index (κ3) is 2.72. The lowest BCUT2D eigenvalue weighted by Crippen LogP contribution is -2.19. The molecule has 0 radical (unpaired) electrons. The van der Waals surface area contributed by atoms with Crippen LogP contribution in [-0.4, -0.2) is 24.9 Å². The SMILES string of the molecule is Cc1ccc(C)n1-c1cccnc1-c1ccc2[nH]nc(NC(N)=S)c2c1. The maximum atomic E-state index is 5.60. The normalized spacial score (nSPS) is 11.0. The average Bonchev–Trinajstić information content (AvgIpc) is 3.17. The summed E-state index contributed by atoms with van der Waals surface area (Å²) in [6, 6.07) is 14.3. The Bertz CT molecular complexity index is 1100. The molecule has 1 aromatic carbocycles. The van der Waals surface area contributed by atoms with Gasteiger partial charge in [0.05, 0.1) is 16.9 Å². The van der Waals surface area contributed by atoms with Gasteiger partial charge in [-0.25, -0.2) is 0 Å². The molecule has 0 amide bonds. The van der Waals surface area contributed by atoms with E-state index in [2.05, 4.69) is 57.1 Å². The lowest BCUT2D eigenvalue weighted by Gasteiger charge is -2.14. The number of aromatic amines is 1. The second-order valence-corrected chi connectivity index (χ2v) is 6.58. The van der Waals surface area contributed by atoms with Crippen LogP contribution in [0.2, 0.25) is 0 Å². The van der Waals surface area contributed by atoms with Crippen molar-refractivity contribution in [1.29, 1.82) is 0 Å². The van der Waals surface area contributed by atoms with Crippen LogP contribution in [0.1, 0.15) is 11.4 Å². The molecule has 0 aliphatic carbocycles. The van der Waals surface area contributed by atoms with Gasteiger partial charge in [-0.3, -0.25) is 10.1 Å². The first-order valence-corrected chi connectivity index (χ1v) is 8.60. The fraction of sp³-hybridized carbons (Fsp3) is 0.105. The molecule has 0 aliphatic rings. The fourth-order valence-corrected chi connectivity index (χ4v) is 3.32. The van der Waals surface area contributed by atoms with Crippen molar-refractivity contribution < 1.29 is 0 Å². The summed E-state index contributed by atoms with van der Waals surface area (Å²) in [6.45, 7) is 4.18. The van der Waals surface area contributed by atoms with Gasteiger partial charge in [0.1, 0.15) is 0 Å². The first-order valence-electron chi connectivity index (χ1n) is 8.20. The van der Waals surface area contributed by atoms with E-state index >= 15 is 0 Å². The van der Waals surface area contributed by atoms with E-state index in [-0.39, 0.29) is 5.11 Å². The van der Waals surface area contributed by atoms with Gasteiger partial charge in [0.15, 0.2) is 10.9 Å². The van der Waals surface area contributed by atoms with Crippen LogP contribution in [0.15, 0.2) is 48.7 Å². The molecular weight excluding hydrogens is 344 g/mol. The molecule has 4 N–H and O–H groups in total. The highest BCUT2D eigenvalue weighted by molar-refractivity contribution is 7.80. The molecule has 4 aromatic rings. The topological polar surface area (TPSA) is 84.5 Å². The van der Waals surface area contributed by atoms with Gasteiger partial charge in [-0.05, 0) is 62.5 Å². The summed E-state index contributed by atoms with van der Waals surface area (Å²) in [5.41, 5.74) is 11.8. The number of anilines is 1. The molecule has 0 unspecified atom stereocenters. The van der Waals surface area contributed by atoms with Crippen molar-refractivity contribution in [2.75, 3.05) is 5.32 Å². The quantitative estimate of drug-likeness (QED) is 0.484. The van der Waals surface area contributed by atoms with Gasteiger partial charge < -0.3 is 15.6 Å². The molecule has 6 nitrogen and oxygen atoms in total. The van der Waals surface area contributed by atoms with Gasteiger partial charge in [0.2, 0.25) is 0 Å². The number of benzene rings is 1. The van der Waals surface area contributed by atoms with Crippen LogP contribution in [0.25, 0.3) is 27.8 Å². The zero-order chi connectivity index (χ0) is 18.3. The van der Waals surface area contributed by atoms with Gasteiger partial charge in [-0.15, -0.1) is 0 Å². The Morgan fingerprint density at radius 2 is 1.92 bits per heavy atom. The second kappa shape index (κ2) is 6.27. The number of nitrogens with two attached hydrogens (primary N) is 1. The van der Waals surface area contributed by atoms with Crippen LogP contribution in [0.4, 0.5) is 5.82 Å². The number of nitrogens with zero attached hydrogens (tertiary/aromatic N) is 3. The van der Waals surface area contributed by atoms with E-state index in [1.807, 2.05) is 24.3 Å². The Morgan fingerprint density at radius 1 is 1.15 bits per heavy atom.